The lowest BCUT2D eigenvalue weighted by Crippen LogP contribution is -2.42. The fourth-order valence-electron chi connectivity index (χ4n) is 3.00. The van der Waals surface area contributed by atoms with Crippen LogP contribution in [0.2, 0.25) is 0 Å². The van der Waals surface area contributed by atoms with Gasteiger partial charge in [0.05, 0.1) is 6.04 Å². The Balaban J connectivity index is 1.72. The lowest BCUT2D eigenvalue weighted by Gasteiger charge is -2.15. The molecule has 4 N–H and O–H groups in total. The molecule has 7 heteroatoms. The molecule has 0 saturated heterocycles. The van der Waals surface area contributed by atoms with E-state index in [0.717, 1.165) is 28.7 Å². The molecule has 0 aliphatic heterocycles. The van der Waals surface area contributed by atoms with E-state index in [1.54, 1.807) is 0 Å². The highest BCUT2D eigenvalue weighted by Crippen LogP contribution is 2.29. The van der Waals surface area contributed by atoms with Crippen LogP contribution in [0.15, 0.2) is 48.5 Å². The highest BCUT2D eigenvalue weighted by atomic mass is 16.1. The van der Waals surface area contributed by atoms with Gasteiger partial charge in [0.1, 0.15) is 0 Å². The van der Waals surface area contributed by atoms with E-state index in [4.69, 9.17) is 5.73 Å². The minimum absolute atomic E-state index is 0.172. The van der Waals surface area contributed by atoms with Crippen LogP contribution in [0.1, 0.15) is 25.3 Å². The van der Waals surface area contributed by atoms with E-state index >= 15 is 0 Å². The van der Waals surface area contributed by atoms with Gasteiger partial charge in [0.2, 0.25) is 5.82 Å². The van der Waals surface area contributed by atoms with Crippen molar-refractivity contribution in [2.45, 2.75) is 32.4 Å². The number of carbonyl (C=O) groups is 1. The first-order valence-electron chi connectivity index (χ1n) is 9.11. The van der Waals surface area contributed by atoms with Crippen LogP contribution in [0.25, 0.3) is 22.5 Å². The highest BCUT2D eigenvalue weighted by molar-refractivity contribution is 5.84. The average Bonchev–Trinajstić information content (AvgIpc) is 3.24. The SMILES string of the molecule is CCCC(=O)C(CN)NCc1ccc(-c2ccccc2-c2nn[nH]n2)cc1. The summed E-state index contributed by atoms with van der Waals surface area (Å²) in [5, 5.41) is 17.5. The van der Waals surface area contributed by atoms with E-state index in [2.05, 4.69) is 38.1 Å². The van der Waals surface area contributed by atoms with Crippen LogP contribution in [0.5, 0.6) is 0 Å². The molecule has 0 aliphatic carbocycles. The zero-order chi connectivity index (χ0) is 19.1. The number of nitrogens with zero attached hydrogens (tertiary/aromatic N) is 3. The van der Waals surface area contributed by atoms with Gasteiger partial charge in [-0.15, -0.1) is 10.2 Å². The first-order valence-corrected chi connectivity index (χ1v) is 9.11. The monoisotopic (exact) mass is 364 g/mol. The molecule has 1 unspecified atom stereocenters. The van der Waals surface area contributed by atoms with Gasteiger partial charge in [-0.1, -0.05) is 55.5 Å². The number of hydrogen-bond acceptors (Lipinski definition) is 6. The second kappa shape index (κ2) is 9.16. The number of H-pyrrole nitrogens is 1. The molecule has 0 aliphatic rings. The summed E-state index contributed by atoms with van der Waals surface area (Å²) in [7, 11) is 0. The number of tetrazole rings is 1. The molecule has 3 rings (SSSR count). The molecule has 27 heavy (non-hydrogen) atoms. The quantitative estimate of drug-likeness (QED) is 0.537. The Labute approximate surface area is 158 Å². The molecule has 0 bridgehead atoms. The van der Waals surface area contributed by atoms with Crippen molar-refractivity contribution in [3.63, 3.8) is 0 Å². The number of aromatic nitrogens is 4. The van der Waals surface area contributed by atoms with Crippen LogP contribution in [0, 0.1) is 0 Å². The summed E-state index contributed by atoms with van der Waals surface area (Å²) in [6, 6.07) is 15.9. The molecule has 0 spiro atoms. The van der Waals surface area contributed by atoms with E-state index in [-0.39, 0.29) is 11.8 Å². The van der Waals surface area contributed by atoms with Gasteiger partial charge in [0, 0.05) is 25.1 Å². The molecule has 7 nitrogen and oxygen atoms in total. The summed E-state index contributed by atoms with van der Waals surface area (Å²) in [6.07, 6.45) is 1.40. The fraction of sp³-hybridized carbons (Fsp3) is 0.300. The van der Waals surface area contributed by atoms with Crippen molar-refractivity contribution in [1.82, 2.24) is 25.9 Å². The van der Waals surface area contributed by atoms with E-state index in [1.165, 1.54) is 0 Å². The summed E-state index contributed by atoms with van der Waals surface area (Å²) in [6.45, 7) is 2.91. The predicted octanol–water partition coefficient (Wildman–Crippen LogP) is 2.32. The van der Waals surface area contributed by atoms with Crippen LogP contribution >= 0.6 is 0 Å². The van der Waals surface area contributed by atoms with Crippen LogP contribution in [0.4, 0.5) is 0 Å². The zero-order valence-corrected chi connectivity index (χ0v) is 15.4. The zero-order valence-electron chi connectivity index (χ0n) is 15.4. The molecule has 0 saturated carbocycles. The number of benzene rings is 2. The van der Waals surface area contributed by atoms with Gasteiger partial charge < -0.3 is 11.1 Å². The molecule has 140 valence electrons. The number of carbonyl (C=O) groups excluding carboxylic acids is 1. The number of ketones is 1. The Morgan fingerprint density at radius 3 is 2.52 bits per heavy atom. The fourth-order valence-corrected chi connectivity index (χ4v) is 3.00. The molecule has 0 amide bonds. The Hall–Kier alpha value is -2.90. The topological polar surface area (TPSA) is 110 Å². The Morgan fingerprint density at radius 1 is 1.15 bits per heavy atom. The van der Waals surface area contributed by atoms with Gasteiger partial charge >= 0.3 is 0 Å². The van der Waals surface area contributed by atoms with E-state index in [1.807, 2.05) is 43.3 Å². The maximum atomic E-state index is 12.0. The molecule has 1 heterocycles. The Kier molecular flexibility index (Phi) is 6.40. The van der Waals surface area contributed by atoms with Crippen molar-refractivity contribution >= 4 is 5.78 Å². The molecular weight excluding hydrogens is 340 g/mol. The van der Waals surface area contributed by atoms with Crippen molar-refractivity contribution in [3.8, 4) is 22.5 Å². The van der Waals surface area contributed by atoms with E-state index in [0.29, 0.717) is 25.3 Å². The minimum Gasteiger partial charge on any atom is -0.328 e. The third-order valence-electron chi connectivity index (χ3n) is 4.45. The molecule has 0 fully saturated rings. The number of nitrogens with one attached hydrogen (secondary N) is 2. The summed E-state index contributed by atoms with van der Waals surface area (Å²) in [5.74, 6) is 0.738. The molecule has 0 radical (unpaired) electrons. The predicted molar refractivity (Wildman–Crippen MR) is 105 cm³/mol. The van der Waals surface area contributed by atoms with Gasteiger partial charge in [0.15, 0.2) is 5.78 Å². The first kappa shape index (κ1) is 18.9. The first-order chi connectivity index (χ1) is 13.2. The Morgan fingerprint density at radius 2 is 1.89 bits per heavy atom. The molecular formula is C20H24N6O. The van der Waals surface area contributed by atoms with Crippen LogP contribution < -0.4 is 11.1 Å². The normalized spacial score (nSPS) is 12.1. The van der Waals surface area contributed by atoms with E-state index in [9.17, 15) is 4.79 Å². The smallest absolute Gasteiger partial charge is 0.205 e. The number of nitrogens with two attached hydrogens (primary N) is 1. The number of hydrogen-bond donors (Lipinski definition) is 3. The molecule has 1 atom stereocenters. The third-order valence-corrected chi connectivity index (χ3v) is 4.45. The highest BCUT2D eigenvalue weighted by Gasteiger charge is 2.15. The average molecular weight is 364 g/mol. The standard InChI is InChI=1S/C20H24N6O/c1-2-5-19(27)18(12-21)22-13-14-8-10-15(11-9-14)16-6-3-4-7-17(16)20-23-25-26-24-20/h3-4,6-11,18,22H,2,5,12-13,21H2,1H3,(H,23,24,25,26). The summed E-state index contributed by atoms with van der Waals surface area (Å²) >= 11 is 0. The lowest BCUT2D eigenvalue weighted by molar-refractivity contribution is -0.120. The number of rotatable bonds is 9. The van der Waals surface area contributed by atoms with Crippen molar-refractivity contribution in [3.05, 3.63) is 54.1 Å². The van der Waals surface area contributed by atoms with Crippen molar-refractivity contribution in [1.29, 1.82) is 0 Å². The Bertz CT molecular complexity index is 860. The number of aromatic amines is 1. The molecule has 2 aromatic carbocycles. The summed E-state index contributed by atoms with van der Waals surface area (Å²) < 4.78 is 0. The van der Waals surface area contributed by atoms with Crippen LogP contribution in [-0.4, -0.2) is 39.0 Å². The maximum absolute atomic E-state index is 12.0. The second-order valence-corrected chi connectivity index (χ2v) is 6.36. The van der Waals surface area contributed by atoms with Gasteiger partial charge in [0.25, 0.3) is 0 Å². The third kappa shape index (κ3) is 4.64. The van der Waals surface area contributed by atoms with Gasteiger partial charge in [-0.2, -0.15) is 5.21 Å². The lowest BCUT2D eigenvalue weighted by atomic mass is 9.98. The maximum Gasteiger partial charge on any atom is 0.205 e. The summed E-state index contributed by atoms with van der Waals surface area (Å²) in [4.78, 5) is 12.0. The van der Waals surface area contributed by atoms with Gasteiger partial charge in [-0.05, 0) is 28.3 Å². The second-order valence-electron chi connectivity index (χ2n) is 6.36. The van der Waals surface area contributed by atoms with Gasteiger partial charge in [-0.25, -0.2) is 0 Å². The van der Waals surface area contributed by atoms with Crippen LogP contribution in [-0.2, 0) is 11.3 Å². The van der Waals surface area contributed by atoms with Crippen LogP contribution in [0.3, 0.4) is 0 Å². The van der Waals surface area contributed by atoms with Crippen molar-refractivity contribution in [2.75, 3.05) is 6.54 Å². The minimum atomic E-state index is -0.288. The van der Waals surface area contributed by atoms with Gasteiger partial charge in [-0.3, -0.25) is 4.79 Å². The molecule has 1 aromatic heterocycles. The molecule has 3 aromatic rings. The largest absolute Gasteiger partial charge is 0.328 e. The van der Waals surface area contributed by atoms with Crippen molar-refractivity contribution in [2.24, 2.45) is 5.73 Å². The summed E-state index contributed by atoms with van der Waals surface area (Å²) in [5.41, 5.74) is 9.85. The number of Topliss-reactive ketones (excluding diaryl/α,β-unsaturated/α-hetero) is 1. The van der Waals surface area contributed by atoms with Crippen molar-refractivity contribution < 1.29 is 4.79 Å². The van der Waals surface area contributed by atoms with E-state index < -0.39 is 0 Å².